The van der Waals surface area contributed by atoms with E-state index in [1.807, 2.05) is 13.8 Å². The first kappa shape index (κ1) is 19.7. The van der Waals surface area contributed by atoms with Crippen LogP contribution in [0.2, 0.25) is 0 Å². The van der Waals surface area contributed by atoms with E-state index >= 15 is 0 Å². The van der Waals surface area contributed by atoms with Crippen molar-refractivity contribution in [2.24, 2.45) is 14.1 Å². The zero-order valence-corrected chi connectivity index (χ0v) is 16.7. The fraction of sp³-hybridized carbons (Fsp3) is 0.333. The Hall–Kier alpha value is -3.01. The van der Waals surface area contributed by atoms with Gasteiger partial charge in [0.25, 0.3) is 11.2 Å². The minimum absolute atomic E-state index is 0.0878. The van der Waals surface area contributed by atoms with Gasteiger partial charge < -0.3 is 0 Å². The summed E-state index contributed by atoms with van der Waals surface area (Å²) in [7, 11) is 2.95. The van der Waals surface area contributed by atoms with Crippen molar-refractivity contribution < 1.29 is 4.92 Å². The van der Waals surface area contributed by atoms with Crippen LogP contribution in [0.4, 0.5) is 5.69 Å². The smallest absolute Gasteiger partial charge is 0.280 e. The molecule has 0 saturated carbocycles. The van der Waals surface area contributed by atoms with Gasteiger partial charge in [-0.3, -0.25) is 24.0 Å². The van der Waals surface area contributed by atoms with E-state index in [-0.39, 0.29) is 27.8 Å². The Morgan fingerprint density at radius 3 is 2.57 bits per heavy atom. The predicted octanol–water partition coefficient (Wildman–Crippen LogP) is 2.49. The van der Waals surface area contributed by atoms with E-state index in [1.165, 1.54) is 42.6 Å². The Labute approximate surface area is 164 Å². The molecule has 1 atom stereocenters. The molecule has 2 heterocycles. The third kappa shape index (κ3) is 3.42. The summed E-state index contributed by atoms with van der Waals surface area (Å²) in [6, 6.07) is 5.96. The van der Waals surface area contributed by atoms with E-state index in [2.05, 4.69) is 9.97 Å². The second-order valence-electron chi connectivity index (χ2n) is 6.40. The number of thioether (sulfide) groups is 1. The van der Waals surface area contributed by atoms with Crippen molar-refractivity contribution in [3.8, 4) is 11.4 Å². The molecule has 3 rings (SSSR count). The Bertz CT molecular complexity index is 1200. The van der Waals surface area contributed by atoms with Crippen molar-refractivity contribution in [3.63, 3.8) is 0 Å². The normalized spacial score (nSPS) is 12.3. The second kappa shape index (κ2) is 7.55. The summed E-state index contributed by atoms with van der Waals surface area (Å²) in [5, 5.41) is 12.0. The minimum Gasteiger partial charge on any atom is -0.280 e. The highest BCUT2D eigenvalue weighted by Gasteiger charge is 2.20. The molecule has 0 fully saturated rings. The molecule has 0 spiro atoms. The van der Waals surface area contributed by atoms with Crippen molar-refractivity contribution in [2.45, 2.75) is 30.5 Å². The van der Waals surface area contributed by atoms with Crippen LogP contribution >= 0.6 is 11.8 Å². The summed E-state index contributed by atoms with van der Waals surface area (Å²) in [5.41, 5.74) is -0.406. The van der Waals surface area contributed by atoms with Crippen LogP contribution in [-0.4, -0.2) is 29.3 Å². The quantitative estimate of drug-likeness (QED) is 0.279. The zero-order chi connectivity index (χ0) is 20.6. The van der Waals surface area contributed by atoms with Gasteiger partial charge in [-0.2, -0.15) is 0 Å². The molecule has 2 aromatic heterocycles. The highest BCUT2D eigenvalue weighted by molar-refractivity contribution is 8.00. The standard InChI is InChI=1S/C18H19N5O4S/c1-5-10(2)28-16-13-15(21(3)18(25)22(4)17(13)24)19-14(20-16)11-7-6-8-12(9-11)23(26)27/h6-10H,5H2,1-4H3/t10-/m0/s1. The lowest BCUT2D eigenvalue weighted by atomic mass is 10.2. The Kier molecular flexibility index (Phi) is 5.32. The molecule has 0 saturated heterocycles. The van der Waals surface area contributed by atoms with E-state index in [1.54, 1.807) is 12.1 Å². The summed E-state index contributed by atoms with van der Waals surface area (Å²) in [4.78, 5) is 44.6. The number of non-ortho nitro benzene ring substituents is 1. The number of benzene rings is 1. The largest absolute Gasteiger partial charge is 0.332 e. The first-order valence-corrected chi connectivity index (χ1v) is 9.51. The lowest BCUT2D eigenvalue weighted by Crippen LogP contribution is -2.37. The van der Waals surface area contributed by atoms with Gasteiger partial charge in [0.1, 0.15) is 10.4 Å². The van der Waals surface area contributed by atoms with Crippen LogP contribution in [0.1, 0.15) is 20.3 Å². The third-order valence-electron chi connectivity index (χ3n) is 4.47. The maximum Gasteiger partial charge on any atom is 0.332 e. The first-order valence-electron chi connectivity index (χ1n) is 8.63. The highest BCUT2D eigenvalue weighted by atomic mass is 32.2. The Morgan fingerprint density at radius 2 is 1.93 bits per heavy atom. The van der Waals surface area contributed by atoms with Gasteiger partial charge in [-0.05, 0) is 6.42 Å². The number of hydrogen-bond acceptors (Lipinski definition) is 7. The lowest BCUT2D eigenvalue weighted by Gasteiger charge is -2.14. The molecule has 1 aromatic carbocycles. The molecule has 0 aliphatic heterocycles. The van der Waals surface area contributed by atoms with E-state index in [9.17, 15) is 19.7 Å². The Balaban J connectivity index is 2.37. The average Bonchev–Trinajstić information content (AvgIpc) is 2.70. The molecule has 3 aromatic rings. The number of aromatic nitrogens is 4. The monoisotopic (exact) mass is 401 g/mol. The van der Waals surface area contributed by atoms with Gasteiger partial charge in [-0.25, -0.2) is 14.8 Å². The van der Waals surface area contributed by atoms with Crippen molar-refractivity contribution in [3.05, 3.63) is 55.2 Å². The number of nitrogens with zero attached hydrogens (tertiary/aromatic N) is 5. The Morgan fingerprint density at radius 1 is 1.21 bits per heavy atom. The minimum atomic E-state index is -0.499. The fourth-order valence-electron chi connectivity index (χ4n) is 2.68. The van der Waals surface area contributed by atoms with E-state index in [0.717, 1.165) is 11.0 Å². The molecule has 0 bridgehead atoms. The molecule has 10 heteroatoms. The summed E-state index contributed by atoms with van der Waals surface area (Å²) >= 11 is 1.42. The maximum atomic E-state index is 12.8. The fourth-order valence-corrected chi connectivity index (χ4v) is 3.66. The number of nitro groups is 1. The number of hydrogen-bond donors (Lipinski definition) is 0. The SMILES string of the molecule is CC[C@H](C)Sc1nc(-c2cccc([N+](=O)[O-])c2)nc2c1c(=O)n(C)c(=O)n2C. The van der Waals surface area contributed by atoms with Crippen LogP contribution in [0.5, 0.6) is 0 Å². The number of rotatable bonds is 5. The highest BCUT2D eigenvalue weighted by Crippen LogP contribution is 2.30. The number of aryl methyl sites for hydroxylation is 1. The molecule has 28 heavy (non-hydrogen) atoms. The average molecular weight is 401 g/mol. The van der Waals surface area contributed by atoms with Gasteiger partial charge in [0.15, 0.2) is 11.5 Å². The van der Waals surface area contributed by atoms with E-state index < -0.39 is 16.2 Å². The summed E-state index contributed by atoms with van der Waals surface area (Å²) in [6.45, 7) is 4.04. The van der Waals surface area contributed by atoms with Crippen LogP contribution in [-0.2, 0) is 14.1 Å². The van der Waals surface area contributed by atoms with Gasteiger partial charge in [0, 0.05) is 37.0 Å². The van der Waals surface area contributed by atoms with E-state index in [0.29, 0.717) is 10.6 Å². The molecule has 0 amide bonds. The number of fused-ring (bicyclic) bond motifs is 1. The predicted molar refractivity (Wildman–Crippen MR) is 108 cm³/mol. The van der Waals surface area contributed by atoms with Gasteiger partial charge in [0.05, 0.1) is 4.92 Å². The number of nitro benzene ring substituents is 1. The molecule has 0 aliphatic carbocycles. The van der Waals surface area contributed by atoms with Gasteiger partial charge in [-0.15, -0.1) is 11.8 Å². The van der Waals surface area contributed by atoms with E-state index in [4.69, 9.17) is 0 Å². The zero-order valence-electron chi connectivity index (χ0n) is 15.9. The van der Waals surface area contributed by atoms with Gasteiger partial charge >= 0.3 is 5.69 Å². The molecule has 9 nitrogen and oxygen atoms in total. The molecular weight excluding hydrogens is 382 g/mol. The van der Waals surface area contributed by atoms with Crippen LogP contribution in [0.3, 0.4) is 0 Å². The van der Waals surface area contributed by atoms with Gasteiger partial charge in [0.2, 0.25) is 0 Å². The van der Waals surface area contributed by atoms with Crippen molar-refractivity contribution in [2.75, 3.05) is 0 Å². The van der Waals surface area contributed by atoms with Gasteiger partial charge in [-0.1, -0.05) is 26.0 Å². The van der Waals surface area contributed by atoms with Crippen molar-refractivity contribution in [1.82, 2.24) is 19.1 Å². The third-order valence-corrected chi connectivity index (χ3v) is 5.72. The van der Waals surface area contributed by atoms with Crippen LogP contribution in [0.25, 0.3) is 22.4 Å². The van der Waals surface area contributed by atoms with Crippen LogP contribution < -0.4 is 11.2 Å². The second-order valence-corrected chi connectivity index (χ2v) is 7.83. The topological polar surface area (TPSA) is 113 Å². The molecular formula is C18H19N5O4S. The summed E-state index contributed by atoms with van der Waals surface area (Å²) in [6.07, 6.45) is 0.856. The maximum absolute atomic E-state index is 12.8. The molecule has 0 radical (unpaired) electrons. The molecule has 0 N–H and O–H groups in total. The summed E-state index contributed by atoms with van der Waals surface area (Å²) < 4.78 is 2.32. The molecule has 0 unspecified atom stereocenters. The lowest BCUT2D eigenvalue weighted by molar-refractivity contribution is -0.384. The molecule has 0 aliphatic rings. The first-order chi connectivity index (χ1) is 13.2. The summed E-state index contributed by atoms with van der Waals surface area (Å²) in [5.74, 6) is 0.227. The van der Waals surface area contributed by atoms with Crippen molar-refractivity contribution in [1.29, 1.82) is 0 Å². The van der Waals surface area contributed by atoms with Crippen LogP contribution in [0, 0.1) is 10.1 Å². The molecule has 146 valence electrons. The van der Waals surface area contributed by atoms with Crippen molar-refractivity contribution >= 4 is 28.5 Å². The van der Waals surface area contributed by atoms with Crippen LogP contribution in [0.15, 0.2) is 38.9 Å².